The van der Waals surface area contributed by atoms with Gasteiger partial charge in [0.1, 0.15) is 0 Å². The monoisotopic (exact) mass is 546 g/mol. The van der Waals surface area contributed by atoms with Crippen molar-refractivity contribution in [3.05, 3.63) is 47.8 Å². The highest BCUT2D eigenvalue weighted by Crippen LogP contribution is 2.66. The molecule has 0 bridgehead atoms. The number of carbonyl (C=O) groups is 2. The third-order valence-electron chi connectivity index (χ3n) is 11.3. The van der Waals surface area contributed by atoms with E-state index in [-0.39, 0.29) is 22.7 Å². The van der Waals surface area contributed by atoms with E-state index in [1.165, 1.54) is 50.4 Å². The van der Waals surface area contributed by atoms with Gasteiger partial charge in [-0.05, 0) is 104 Å². The Labute approximate surface area is 241 Å². The molecule has 0 aromatic carbocycles. The highest BCUT2D eigenvalue weighted by Gasteiger charge is 2.56. The summed E-state index contributed by atoms with van der Waals surface area (Å²) in [5.41, 5.74) is 5.03. The van der Waals surface area contributed by atoms with E-state index < -0.39 is 0 Å². The standard InChI is InChI=1S/C35H50N2O3/c1-34-20-18-27(37-32(38)12-8-6-4-5-7-9-13-33(39)40-3)23-26(34)14-15-28-30-17-16-29(25-11-10-22-36-24-25)35(30,2)21-19-31(28)34/h10-11,14,16,22,24,27-28,30-31H,4-9,12-13,15,17-21,23H2,1-3H3,(H,37,38)/t27-,28+,30+,31+,34+,35-/m1/s1. The molecular formula is C35H50N2O3. The molecule has 1 heterocycles. The number of aromatic nitrogens is 1. The first-order valence-corrected chi connectivity index (χ1v) is 16.0. The number of amides is 1. The number of hydrogen-bond donors (Lipinski definition) is 1. The summed E-state index contributed by atoms with van der Waals surface area (Å²) in [4.78, 5) is 28.3. The lowest BCUT2D eigenvalue weighted by Crippen LogP contribution is -2.51. The zero-order valence-electron chi connectivity index (χ0n) is 25.1. The van der Waals surface area contributed by atoms with Gasteiger partial charge in [-0.2, -0.15) is 0 Å². The molecule has 2 fully saturated rings. The number of unbranched alkanes of at least 4 members (excludes halogenated alkanes) is 5. The van der Waals surface area contributed by atoms with Crippen LogP contribution >= 0.6 is 0 Å². The molecule has 0 spiro atoms. The van der Waals surface area contributed by atoms with Crippen LogP contribution in [0.4, 0.5) is 0 Å². The maximum absolute atomic E-state index is 12.7. The fourth-order valence-electron chi connectivity index (χ4n) is 8.99. The Morgan fingerprint density at radius 3 is 2.45 bits per heavy atom. The van der Waals surface area contributed by atoms with Crippen molar-refractivity contribution < 1.29 is 14.3 Å². The Bertz CT molecular complexity index is 1110. The predicted molar refractivity (Wildman–Crippen MR) is 160 cm³/mol. The average molecular weight is 547 g/mol. The number of nitrogens with one attached hydrogen (secondary N) is 1. The second-order valence-corrected chi connectivity index (χ2v) is 13.5. The minimum absolute atomic E-state index is 0.119. The van der Waals surface area contributed by atoms with Crippen molar-refractivity contribution >= 4 is 17.4 Å². The van der Waals surface area contributed by atoms with Gasteiger partial charge < -0.3 is 10.1 Å². The number of allylic oxidation sites excluding steroid dienone is 3. The number of methoxy groups -OCH3 is 1. The average Bonchev–Trinajstić information content (AvgIpc) is 3.32. The minimum atomic E-state index is -0.119. The summed E-state index contributed by atoms with van der Waals surface area (Å²) in [7, 11) is 1.44. The number of hydrogen-bond acceptors (Lipinski definition) is 4. The van der Waals surface area contributed by atoms with Crippen molar-refractivity contribution in [2.75, 3.05) is 7.11 Å². The topological polar surface area (TPSA) is 68.3 Å². The molecule has 1 aromatic heterocycles. The van der Waals surface area contributed by atoms with Crippen LogP contribution in [-0.4, -0.2) is 30.0 Å². The van der Waals surface area contributed by atoms with Crippen LogP contribution in [0.5, 0.6) is 0 Å². The molecule has 0 saturated heterocycles. The van der Waals surface area contributed by atoms with Crippen molar-refractivity contribution in [1.29, 1.82) is 0 Å². The Morgan fingerprint density at radius 1 is 0.950 bits per heavy atom. The molecule has 0 aliphatic heterocycles. The molecule has 5 rings (SSSR count). The molecule has 40 heavy (non-hydrogen) atoms. The van der Waals surface area contributed by atoms with Gasteiger partial charge in [0.15, 0.2) is 0 Å². The molecule has 218 valence electrons. The number of nitrogens with zero attached hydrogens (tertiary/aromatic N) is 1. The second-order valence-electron chi connectivity index (χ2n) is 13.5. The quantitative estimate of drug-likeness (QED) is 0.175. The van der Waals surface area contributed by atoms with Crippen molar-refractivity contribution in [3.8, 4) is 0 Å². The van der Waals surface area contributed by atoms with Crippen LogP contribution in [0.3, 0.4) is 0 Å². The van der Waals surface area contributed by atoms with Gasteiger partial charge in [0.05, 0.1) is 7.11 Å². The van der Waals surface area contributed by atoms with Gasteiger partial charge in [-0.15, -0.1) is 0 Å². The zero-order valence-corrected chi connectivity index (χ0v) is 25.1. The van der Waals surface area contributed by atoms with Crippen LogP contribution in [0.25, 0.3) is 5.57 Å². The van der Waals surface area contributed by atoms with Gasteiger partial charge in [-0.3, -0.25) is 14.6 Å². The first-order valence-electron chi connectivity index (χ1n) is 16.0. The highest BCUT2D eigenvalue weighted by molar-refractivity contribution is 5.76. The largest absolute Gasteiger partial charge is 0.469 e. The Kier molecular flexibility index (Phi) is 9.17. The Balaban J connectivity index is 1.09. The number of esters is 1. The number of pyridine rings is 1. The van der Waals surface area contributed by atoms with Crippen molar-refractivity contribution in [1.82, 2.24) is 10.3 Å². The summed E-state index contributed by atoms with van der Waals surface area (Å²) in [5.74, 6) is 2.34. The highest BCUT2D eigenvalue weighted by atomic mass is 16.5. The van der Waals surface area contributed by atoms with Crippen LogP contribution in [0, 0.1) is 28.6 Å². The Morgan fingerprint density at radius 2 is 1.70 bits per heavy atom. The zero-order chi connectivity index (χ0) is 28.2. The molecule has 6 atom stereocenters. The van der Waals surface area contributed by atoms with E-state index in [1.54, 1.807) is 5.57 Å². The number of ether oxygens (including phenoxy) is 1. The van der Waals surface area contributed by atoms with Crippen LogP contribution in [0.1, 0.15) is 116 Å². The molecule has 4 aliphatic carbocycles. The summed E-state index contributed by atoms with van der Waals surface area (Å²) in [5, 5.41) is 3.39. The van der Waals surface area contributed by atoms with Gasteiger partial charge in [-0.25, -0.2) is 0 Å². The van der Waals surface area contributed by atoms with Crippen LogP contribution in [0.15, 0.2) is 42.3 Å². The molecule has 1 amide bonds. The van der Waals surface area contributed by atoms with E-state index >= 15 is 0 Å². The third kappa shape index (κ3) is 5.94. The molecule has 1 aromatic rings. The van der Waals surface area contributed by atoms with Gasteiger partial charge in [0.25, 0.3) is 0 Å². The maximum Gasteiger partial charge on any atom is 0.305 e. The first-order chi connectivity index (χ1) is 19.3. The second kappa shape index (κ2) is 12.6. The van der Waals surface area contributed by atoms with Crippen molar-refractivity contribution in [2.24, 2.45) is 28.6 Å². The van der Waals surface area contributed by atoms with Crippen LogP contribution in [0.2, 0.25) is 0 Å². The maximum atomic E-state index is 12.7. The van der Waals surface area contributed by atoms with Gasteiger partial charge in [0, 0.05) is 31.3 Å². The molecule has 4 aliphatic rings. The lowest BCUT2D eigenvalue weighted by molar-refractivity contribution is -0.140. The molecule has 0 radical (unpaired) electrons. The predicted octanol–water partition coefficient (Wildman–Crippen LogP) is 7.82. The molecule has 1 N–H and O–H groups in total. The number of fused-ring (bicyclic) bond motifs is 5. The lowest BCUT2D eigenvalue weighted by atomic mass is 9.47. The van der Waals surface area contributed by atoms with E-state index in [9.17, 15) is 9.59 Å². The van der Waals surface area contributed by atoms with Gasteiger partial charge in [-0.1, -0.05) is 63.3 Å². The van der Waals surface area contributed by atoms with Crippen LogP contribution in [-0.2, 0) is 14.3 Å². The van der Waals surface area contributed by atoms with Crippen LogP contribution < -0.4 is 5.32 Å². The first kappa shape index (κ1) is 29.1. The van der Waals surface area contributed by atoms with E-state index in [2.05, 4.69) is 59.4 Å². The van der Waals surface area contributed by atoms with E-state index in [0.29, 0.717) is 18.9 Å². The summed E-state index contributed by atoms with van der Waals surface area (Å²) >= 11 is 0. The van der Waals surface area contributed by atoms with E-state index in [1.807, 2.05) is 6.20 Å². The molecular weight excluding hydrogens is 496 g/mol. The number of carbonyl (C=O) groups excluding carboxylic acids is 2. The number of rotatable bonds is 11. The summed E-state index contributed by atoms with van der Waals surface area (Å²) in [6.07, 6.45) is 24.8. The summed E-state index contributed by atoms with van der Waals surface area (Å²) in [6, 6.07) is 4.61. The van der Waals surface area contributed by atoms with Gasteiger partial charge >= 0.3 is 5.97 Å². The SMILES string of the molecule is COC(=O)CCCCCCCCC(=O)N[C@@H]1CC[C@@]2(C)C(=CC[C@@H]3[C@@H]2CC[C@]2(C)C(c4cccnc4)=CC[C@@H]32)C1. The lowest BCUT2D eigenvalue weighted by Gasteiger charge is -2.58. The summed E-state index contributed by atoms with van der Waals surface area (Å²) in [6.45, 7) is 5.07. The van der Waals surface area contributed by atoms with E-state index in [0.717, 1.165) is 69.1 Å². The fourth-order valence-corrected chi connectivity index (χ4v) is 8.99. The molecule has 2 saturated carbocycles. The minimum Gasteiger partial charge on any atom is -0.469 e. The Hall–Kier alpha value is -2.43. The molecule has 5 heteroatoms. The fraction of sp³-hybridized carbons (Fsp3) is 0.686. The molecule has 5 nitrogen and oxygen atoms in total. The van der Waals surface area contributed by atoms with Crippen molar-refractivity contribution in [3.63, 3.8) is 0 Å². The van der Waals surface area contributed by atoms with E-state index in [4.69, 9.17) is 0 Å². The van der Waals surface area contributed by atoms with Gasteiger partial charge in [0.2, 0.25) is 5.91 Å². The van der Waals surface area contributed by atoms with Crippen molar-refractivity contribution in [2.45, 2.75) is 116 Å². The normalized spacial score (nSPS) is 32.7. The smallest absolute Gasteiger partial charge is 0.305 e. The molecule has 0 unspecified atom stereocenters. The summed E-state index contributed by atoms with van der Waals surface area (Å²) < 4.78 is 4.69. The third-order valence-corrected chi connectivity index (χ3v) is 11.3.